The van der Waals surface area contributed by atoms with Crippen LogP contribution in [0.15, 0.2) is 24.3 Å². The van der Waals surface area contributed by atoms with Crippen LogP contribution in [-0.4, -0.2) is 11.2 Å². The Morgan fingerprint density at radius 3 is 2.57 bits per heavy atom. The summed E-state index contributed by atoms with van der Waals surface area (Å²) in [7, 11) is 0. The van der Waals surface area contributed by atoms with Gasteiger partial charge in [-0.25, -0.2) is 0 Å². The number of hydrogen-bond donors (Lipinski definition) is 2. The Kier molecular flexibility index (Phi) is 4.54. The van der Waals surface area contributed by atoms with Gasteiger partial charge in [0, 0.05) is 6.04 Å². The van der Waals surface area contributed by atoms with Gasteiger partial charge >= 0.3 is 6.18 Å². The molecule has 0 unspecified atom stereocenters. The molecular weight excluding hydrogens is 321 g/mol. The molecular formula is C17H21F3N2S. The van der Waals surface area contributed by atoms with Crippen molar-refractivity contribution in [2.24, 2.45) is 17.8 Å². The lowest BCUT2D eigenvalue weighted by Crippen LogP contribution is -2.42. The molecule has 2 aliphatic rings. The number of halogens is 3. The van der Waals surface area contributed by atoms with Gasteiger partial charge in [0.2, 0.25) is 0 Å². The highest BCUT2D eigenvalue weighted by molar-refractivity contribution is 7.80. The van der Waals surface area contributed by atoms with Crippen molar-refractivity contribution >= 4 is 23.0 Å². The third-order valence-electron chi connectivity index (χ3n) is 5.27. The van der Waals surface area contributed by atoms with Crippen LogP contribution >= 0.6 is 12.2 Å². The van der Waals surface area contributed by atoms with E-state index in [1.807, 2.05) is 0 Å². The molecule has 2 saturated carbocycles. The van der Waals surface area contributed by atoms with E-state index in [0.29, 0.717) is 5.92 Å². The number of benzene rings is 1. The number of para-hydroxylation sites is 1. The van der Waals surface area contributed by atoms with Crippen LogP contribution in [0.2, 0.25) is 0 Å². The van der Waals surface area contributed by atoms with E-state index in [-0.39, 0.29) is 16.8 Å². The second-order valence-corrected chi connectivity index (χ2v) is 7.18. The Hall–Kier alpha value is -1.30. The minimum atomic E-state index is -4.39. The van der Waals surface area contributed by atoms with E-state index >= 15 is 0 Å². The van der Waals surface area contributed by atoms with Crippen LogP contribution in [0.5, 0.6) is 0 Å². The van der Waals surface area contributed by atoms with E-state index in [4.69, 9.17) is 12.2 Å². The number of nitrogens with one attached hydrogen (secondary N) is 2. The van der Waals surface area contributed by atoms with Crippen LogP contribution in [-0.2, 0) is 6.18 Å². The molecule has 2 aliphatic carbocycles. The second-order valence-electron chi connectivity index (χ2n) is 6.77. The quantitative estimate of drug-likeness (QED) is 0.771. The Morgan fingerprint density at radius 2 is 1.96 bits per heavy atom. The molecule has 0 aromatic heterocycles. The van der Waals surface area contributed by atoms with Gasteiger partial charge in [0.1, 0.15) is 0 Å². The topological polar surface area (TPSA) is 24.1 Å². The number of alkyl halides is 3. The molecule has 1 aromatic rings. The van der Waals surface area contributed by atoms with Crippen LogP contribution in [0, 0.1) is 17.8 Å². The Balaban J connectivity index is 1.62. The summed E-state index contributed by atoms with van der Waals surface area (Å²) in [6, 6.07) is 5.59. The fourth-order valence-corrected chi connectivity index (χ4v) is 4.51. The van der Waals surface area contributed by atoms with Gasteiger partial charge < -0.3 is 10.6 Å². The standard InChI is InChI=1S/C17H21F3N2S/c1-10(13-9-11-6-7-12(13)8-11)21-16(23)22-15-5-3-2-4-14(15)17(18,19)20/h2-5,10-13H,6-9H2,1H3,(H2,21,22,23)/t10-,11+,12+,13+/m1/s1. The monoisotopic (exact) mass is 342 g/mol. The lowest BCUT2D eigenvalue weighted by atomic mass is 9.84. The summed E-state index contributed by atoms with van der Waals surface area (Å²) < 4.78 is 39.0. The lowest BCUT2D eigenvalue weighted by Gasteiger charge is -2.29. The molecule has 126 valence electrons. The number of rotatable bonds is 3. The van der Waals surface area contributed by atoms with E-state index in [0.717, 1.165) is 17.9 Å². The number of fused-ring (bicyclic) bond motifs is 2. The Bertz CT molecular complexity index is 587. The highest BCUT2D eigenvalue weighted by Crippen LogP contribution is 2.49. The molecule has 1 aromatic carbocycles. The van der Waals surface area contributed by atoms with Gasteiger partial charge in [0.05, 0.1) is 11.3 Å². The van der Waals surface area contributed by atoms with Crippen molar-refractivity contribution in [1.29, 1.82) is 0 Å². The smallest absolute Gasteiger partial charge is 0.360 e. The van der Waals surface area contributed by atoms with E-state index < -0.39 is 11.7 Å². The summed E-state index contributed by atoms with van der Waals surface area (Å²) in [6.07, 6.45) is 0.720. The summed E-state index contributed by atoms with van der Waals surface area (Å²) in [5.74, 6) is 2.15. The number of anilines is 1. The highest BCUT2D eigenvalue weighted by atomic mass is 32.1. The van der Waals surface area contributed by atoms with Gasteiger partial charge in [-0.15, -0.1) is 0 Å². The molecule has 2 nitrogen and oxygen atoms in total. The molecule has 0 saturated heterocycles. The van der Waals surface area contributed by atoms with Gasteiger partial charge in [0.15, 0.2) is 5.11 Å². The maximum atomic E-state index is 13.0. The van der Waals surface area contributed by atoms with Gasteiger partial charge in [-0.1, -0.05) is 18.6 Å². The van der Waals surface area contributed by atoms with Crippen molar-refractivity contribution in [1.82, 2.24) is 5.32 Å². The first kappa shape index (κ1) is 16.6. The Morgan fingerprint density at radius 1 is 1.22 bits per heavy atom. The molecule has 2 bridgehead atoms. The first-order valence-electron chi connectivity index (χ1n) is 8.08. The molecule has 0 heterocycles. The Labute approximate surface area is 139 Å². The zero-order chi connectivity index (χ0) is 16.6. The van der Waals surface area contributed by atoms with Crippen LogP contribution in [0.4, 0.5) is 18.9 Å². The molecule has 3 rings (SSSR count). The van der Waals surface area contributed by atoms with Crippen molar-refractivity contribution in [2.45, 2.75) is 44.8 Å². The molecule has 0 radical (unpaired) electrons. The minimum absolute atomic E-state index is 0.00218. The van der Waals surface area contributed by atoms with E-state index in [1.54, 1.807) is 6.07 Å². The third kappa shape index (κ3) is 3.62. The summed E-state index contributed by atoms with van der Waals surface area (Å²) >= 11 is 5.23. The first-order valence-corrected chi connectivity index (χ1v) is 8.49. The molecule has 4 atom stereocenters. The van der Waals surface area contributed by atoms with Gasteiger partial charge in [0.25, 0.3) is 0 Å². The van der Waals surface area contributed by atoms with E-state index in [1.165, 1.54) is 37.8 Å². The van der Waals surface area contributed by atoms with Crippen molar-refractivity contribution in [3.8, 4) is 0 Å². The maximum absolute atomic E-state index is 13.0. The zero-order valence-corrected chi connectivity index (χ0v) is 13.8. The van der Waals surface area contributed by atoms with Crippen LogP contribution in [0.1, 0.15) is 38.2 Å². The predicted molar refractivity (Wildman–Crippen MR) is 89.2 cm³/mol. The number of hydrogen-bond acceptors (Lipinski definition) is 1. The average molecular weight is 342 g/mol. The molecule has 6 heteroatoms. The minimum Gasteiger partial charge on any atom is -0.360 e. The summed E-state index contributed by atoms with van der Waals surface area (Å²) in [6.45, 7) is 2.08. The predicted octanol–water partition coefficient (Wildman–Crippen LogP) is 4.82. The maximum Gasteiger partial charge on any atom is 0.418 e. The van der Waals surface area contributed by atoms with Crippen LogP contribution < -0.4 is 10.6 Å². The average Bonchev–Trinajstić information content (AvgIpc) is 3.09. The van der Waals surface area contributed by atoms with Gasteiger partial charge in [-0.2, -0.15) is 13.2 Å². The molecule has 2 fully saturated rings. The largest absolute Gasteiger partial charge is 0.418 e. The van der Waals surface area contributed by atoms with E-state index in [9.17, 15) is 13.2 Å². The van der Waals surface area contributed by atoms with E-state index in [2.05, 4.69) is 17.6 Å². The summed E-state index contributed by atoms with van der Waals surface area (Å²) in [5, 5.41) is 6.16. The highest BCUT2D eigenvalue weighted by Gasteiger charge is 2.42. The fourth-order valence-electron chi connectivity index (χ4n) is 4.22. The first-order chi connectivity index (χ1) is 10.8. The molecule has 0 spiro atoms. The normalized spacial score (nSPS) is 27.7. The summed E-state index contributed by atoms with van der Waals surface area (Å²) in [5.41, 5.74) is -0.700. The fraction of sp³-hybridized carbons (Fsp3) is 0.588. The molecule has 0 amide bonds. The van der Waals surface area contributed by atoms with Gasteiger partial charge in [-0.05, 0) is 68.3 Å². The molecule has 0 aliphatic heterocycles. The van der Waals surface area contributed by atoms with Crippen LogP contribution in [0.3, 0.4) is 0 Å². The number of thiocarbonyl (C=S) groups is 1. The van der Waals surface area contributed by atoms with Crippen molar-refractivity contribution in [3.05, 3.63) is 29.8 Å². The van der Waals surface area contributed by atoms with Crippen molar-refractivity contribution in [3.63, 3.8) is 0 Å². The molecule has 23 heavy (non-hydrogen) atoms. The van der Waals surface area contributed by atoms with Crippen molar-refractivity contribution in [2.75, 3.05) is 5.32 Å². The summed E-state index contributed by atoms with van der Waals surface area (Å²) in [4.78, 5) is 0. The van der Waals surface area contributed by atoms with Crippen molar-refractivity contribution < 1.29 is 13.2 Å². The second kappa shape index (κ2) is 6.30. The van der Waals surface area contributed by atoms with Gasteiger partial charge in [-0.3, -0.25) is 0 Å². The zero-order valence-electron chi connectivity index (χ0n) is 13.0. The molecule has 2 N–H and O–H groups in total. The SMILES string of the molecule is C[C@@H](NC(=S)Nc1ccccc1C(F)(F)F)[C@@H]1C[C@H]2CC[C@H]1C2. The third-order valence-corrected chi connectivity index (χ3v) is 5.49. The van der Waals surface area contributed by atoms with Crippen LogP contribution in [0.25, 0.3) is 0 Å². The lowest BCUT2D eigenvalue weighted by molar-refractivity contribution is -0.136.